The first-order valence-electron chi connectivity index (χ1n) is 8.96. The minimum atomic E-state index is -0.317. The first-order chi connectivity index (χ1) is 14.3. The molecule has 2 amide bonds. The van der Waals surface area contributed by atoms with E-state index in [9.17, 15) is 19.8 Å². The van der Waals surface area contributed by atoms with Crippen LogP contribution in [-0.2, 0) is 9.59 Å². The Balaban J connectivity index is 1.64. The summed E-state index contributed by atoms with van der Waals surface area (Å²) in [7, 11) is 0. The number of phenolic OH excluding ortho intramolecular Hbond substituents is 2. The molecule has 0 bridgehead atoms. The van der Waals surface area contributed by atoms with Gasteiger partial charge in [0.15, 0.2) is 0 Å². The minimum absolute atomic E-state index is 0.00311. The molecule has 0 aliphatic carbocycles. The number of nitrogens with one attached hydrogen (secondary N) is 2. The van der Waals surface area contributed by atoms with Crippen molar-refractivity contribution in [3.8, 4) is 11.5 Å². The van der Waals surface area contributed by atoms with Crippen molar-refractivity contribution in [1.82, 2.24) is 10.9 Å². The van der Waals surface area contributed by atoms with Crippen molar-refractivity contribution in [2.75, 3.05) is 0 Å². The minimum Gasteiger partial charge on any atom is -0.507 e. The molecule has 0 aliphatic rings. The second kappa shape index (κ2) is 11.8. The van der Waals surface area contributed by atoms with Crippen LogP contribution in [0.4, 0.5) is 0 Å². The molecule has 0 fully saturated rings. The summed E-state index contributed by atoms with van der Waals surface area (Å²) in [6, 6.07) is 8.96. The maximum atomic E-state index is 11.7. The molecule has 0 atom stereocenters. The standard InChI is InChI=1S/C20H20Cl2N4O4/c21-15-5-7-17(27)13(9-15)11-23-25-19(29)3-1-2-4-20(30)26-24-12-14-10-16(22)6-8-18(14)28/h5-12,27-28H,1-4H2,(H,25,29)(H,26,30). The predicted octanol–water partition coefficient (Wildman–Crippen LogP) is 3.57. The van der Waals surface area contributed by atoms with Crippen molar-refractivity contribution >= 4 is 47.4 Å². The molecule has 0 heterocycles. The van der Waals surface area contributed by atoms with Crippen LogP contribution in [0.3, 0.4) is 0 Å². The molecule has 4 N–H and O–H groups in total. The second-order valence-electron chi connectivity index (χ2n) is 6.20. The SMILES string of the molecule is O=C(CCCCC(=O)NN=Cc1cc(Cl)ccc1O)NN=Cc1cc(Cl)ccc1O. The number of amides is 2. The molecular formula is C20H20Cl2N4O4. The van der Waals surface area contributed by atoms with E-state index in [1.165, 1.54) is 48.8 Å². The molecule has 0 aromatic heterocycles. The van der Waals surface area contributed by atoms with E-state index >= 15 is 0 Å². The van der Waals surface area contributed by atoms with Crippen LogP contribution in [0.25, 0.3) is 0 Å². The lowest BCUT2D eigenvalue weighted by molar-refractivity contribution is -0.123. The summed E-state index contributed by atoms with van der Waals surface area (Å²) >= 11 is 11.7. The van der Waals surface area contributed by atoms with Gasteiger partial charge < -0.3 is 10.2 Å². The van der Waals surface area contributed by atoms with Gasteiger partial charge >= 0.3 is 0 Å². The van der Waals surface area contributed by atoms with Crippen LogP contribution in [0.15, 0.2) is 46.6 Å². The van der Waals surface area contributed by atoms with E-state index in [4.69, 9.17) is 23.2 Å². The van der Waals surface area contributed by atoms with Gasteiger partial charge in [0.1, 0.15) is 11.5 Å². The summed E-state index contributed by atoms with van der Waals surface area (Å²) < 4.78 is 0. The fraction of sp³-hybridized carbons (Fsp3) is 0.200. The summed E-state index contributed by atoms with van der Waals surface area (Å²) in [5.41, 5.74) is 5.45. The zero-order chi connectivity index (χ0) is 21.9. The number of hydrazone groups is 2. The molecule has 30 heavy (non-hydrogen) atoms. The number of carbonyl (C=O) groups excluding carboxylic acids is 2. The summed E-state index contributed by atoms with van der Waals surface area (Å²) in [5, 5.41) is 27.7. The number of halogens is 2. The second-order valence-corrected chi connectivity index (χ2v) is 7.07. The van der Waals surface area contributed by atoms with Gasteiger partial charge in [-0.05, 0) is 49.2 Å². The predicted molar refractivity (Wildman–Crippen MR) is 116 cm³/mol. The summed E-state index contributed by atoms with van der Waals surface area (Å²) in [5.74, 6) is -0.640. The summed E-state index contributed by atoms with van der Waals surface area (Å²) in [6.45, 7) is 0. The van der Waals surface area contributed by atoms with Gasteiger partial charge in [0, 0.05) is 34.0 Å². The van der Waals surface area contributed by atoms with E-state index in [1.54, 1.807) is 0 Å². The molecule has 2 aromatic rings. The van der Waals surface area contributed by atoms with E-state index in [-0.39, 0.29) is 36.2 Å². The van der Waals surface area contributed by atoms with Crippen molar-refractivity contribution in [1.29, 1.82) is 0 Å². The van der Waals surface area contributed by atoms with Gasteiger partial charge in [-0.2, -0.15) is 10.2 Å². The Hall–Kier alpha value is -3.10. The van der Waals surface area contributed by atoms with Gasteiger partial charge in [0.25, 0.3) is 0 Å². The van der Waals surface area contributed by atoms with Crippen LogP contribution in [-0.4, -0.2) is 34.5 Å². The van der Waals surface area contributed by atoms with E-state index in [1.807, 2.05) is 0 Å². The Morgan fingerprint density at radius 2 is 1.20 bits per heavy atom. The molecule has 0 radical (unpaired) electrons. The molecule has 0 saturated heterocycles. The van der Waals surface area contributed by atoms with Gasteiger partial charge in [-0.15, -0.1) is 0 Å². The van der Waals surface area contributed by atoms with Gasteiger partial charge in [-0.25, -0.2) is 10.9 Å². The summed E-state index contributed by atoms with van der Waals surface area (Å²) in [4.78, 5) is 23.5. The van der Waals surface area contributed by atoms with Crippen LogP contribution < -0.4 is 10.9 Å². The molecule has 158 valence electrons. The Bertz CT molecular complexity index is 886. The zero-order valence-electron chi connectivity index (χ0n) is 15.8. The molecule has 0 unspecified atom stereocenters. The number of unbranched alkanes of at least 4 members (excludes halogenated alkanes) is 1. The number of phenols is 2. The zero-order valence-corrected chi connectivity index (χ0v) is 17.3. The molecule has 2 rings (SSSR count). The van der Waals surface area contributed by atoms with E-state index in [2.05, 4.69) is 21.1 Å². The lowest BCUT2D eigenvalue weighted by Crippen LogP contribution is -2.19. The molecule has 8 nitrogen and oxygen atoms in total. The number of benzene rings is 2. The third-order valence-corrected chi connectivity index (χ3v) is 4.29. The van der Waals surface area contributed by atoms with Crippen LogP contribution in [0.2, 0.25) is 10.0 Å². The van der Waals surface area contributed by atoms with Gasteiger partial charge in [0.05, 0.1) is 12.4 Å². The van der Waals surface area contributed by atoms with Crippen molar-refractivity contribution in [2.45, 2.75) is 25.7 Å². The molecule has 0 spiro atoms. The van der Waals surface area contributed by atoms with Crippen molar-refractivity contribution in [3.63, 3.8) is 0 Å². The number of carbonyl (C=O) groups is 2. The Kier molecular flexibility index (Phi) is 9.11. The largest absolute Gasteiger partial charge is 0.507 e. The molecule has 2 aromatic carbocycles. The molecule has 0 saturated carbocycles. The number of hydrogen-bond acceptors (Lipinski definition) is 6. The number of nitrogens with zero attached hydrogens (tertiary/aromatic N) is 2. The summed E-state index contributed by atoms with van der Waals surface area (Å²) in [6.07, 6.45) is 3.92. The van der Waals surface area contributed by atoms with Crippen LogP contribution in [0.5, 0.6) is 11.5 Å². The van der Waals surface area contributed by atoms with Gasteiger partial charge in [-0.1, -0.05) is 23.2 Å². The highest BCUT2D eigenvalue weighted by Crippen LogP contribution is 2.20. The third-order valence-electron chi connectivity index (χ3n) is 3.82. The normalized spacial score (nSPS) is 11.1. The maximum absolute atomic E-state index is 11.7. The van der Waals surface area contributed by atoms with Crippen LogP contribution in [0, 0.1) is 0 Å². The monoisotopic (exact) mass is 450 g/mol. The number of rotatable bonds is 9. The topological polar surface area (TPSA) is 123 Å². The Morgan fingerprint density at radius 1 is 0.800 bits per heavy atom. The van der Waals surface area contributed by atoms with Crippen molar-refractivity contribution in [3.05, 3.63) is 57.6 Å². The quantitative estimate of drug-likeness (QED) is 0.264. The van der Waals surface area contributed by atoms with Crippen molar-refractivity contribution < 1.29 is 19.8 Å². The first kappa shape index (κ1) is 23.2. The highest BCUT2D eigenvalue weighted by Gasteiger charge is 2.04. The highest BCUT2D eigenvalue weighted by atomic mass is 35.5. The van der Waals surface area contributed by atoms with E-state index in [0.29, 0.717) is 34.0 Å². The van der Waals surface area contributed by atoms with E-state index < -0.39 is 0 Å². The first-order valence-corrected chi connectivity index (χ1v) is 9.71. The van der Waals surface area contributed by atoms with Gasteiger partial charge in [-0.3, -0.25) is 9.59 Å². The average Bonchev–Trinajstić information content (AvgIpc) is 2.70. The number of hydrogen-bond donors (Lipinski definition) is 4. The van der Waals surface area contributed by atoms with Gasteiger partial charge in [0.2, 0.25) is 11.8 Å². The third kappa shape index (κ3) is 8.10. The maximum Gasteiger partial charge on any atom is 0.240 e. The Labute approximate surface area is 183 Å². The smallest absolute Gasteiger partial charge is 0.240 e. The van der Waals surface area contributed by atoms with Crippen molar-refractivity contribution in [2.24, 2.45) is 10.2 Å². The number of aromatic hydroxyl groups is 2. The molecule has 10 heteroatoms. The fourth-order valence-electron chi connectivity index (χ4n) is 2.29. The average molecular weight is 451 g/mol. The molecular weight excluding hydrogens is 431 g/mol. The Morgan fingerprint density at radius 3 is 1.60 bits per heavy atom. The van der Waals surface area contributed by atoms with E-state index in [0.717, 1.165) is 0 Å². The van der Waals surface area contributed by atoms with Crippen LogP contribution >= 0.6 is 23.2 Å². The van der Waals surface area contributed by atoms with Crippen LogP contribution in [0.1, 0.15) is 36.8 Å². The lowest BCUT2D eigenvalue weighted by Gasteiger charge is -2.02. The lowest BCUT2D eigenvalue weighted by atomic mass is 10.2. The molecule has 0 aliphatic heterocycles. The fourth-order valence-corrected chi connectivity index (χ4v) is 2.65. The highest BCUT2D eigenvalue weighted by molar-refractivity contribution is 6.31.